The Morgan fingerprint density at radius 1 is 0.621 bits per heavy atom. The third-order valence-corrected chi connectivity index (χ3v) is 5.11. The highest BCUT2D eigenvalue weighted by molar-refractivity contribution is 5.79. The molecule has 0 spiro atoms. The van der Waals surface area contributed by atoms with Gasteiger partial charge in [-0.25, -0.2) is 4.99 Å². The molecule has 3 aromatic carbocycles. The summed E-state index contributed by atoms with van der Waals surface area (Å²) in [6.45, 7) is 8.37. The average molecular weight is 380 g/mol. The second kappa shape index (κ2) is 7.92. The van der Waals surface area contributed by atoms with Gasteiger partial charge in [-0.3, -0.25) is 0 Å². The Bertz CT molecular complexity index is 1200. The van der Waals surface area contributed by atoms with Gasteiger partial charge in [0.2, 0.25) is 5.55 Å². The van der Waals surface area contributed by atoms with Crippen molar-refractivity contribution in [1.82, 2.24) is 0 Å². The molecule has 2 heteroatoms. The molecule has 0 bridgehead atoms. The van der Waals surface area contributed by atoms with Crippen molar-refractivity contribution in [1.29, 1.82) is 0 Å². The summed E-state index contributed by atoms with van der Waals surface area (Å²) in [6, 6.07) is 27.1. The summed E-state index contributed by atoms with van der Waals surface area (Å²) >= 11 is 0. The van der Waals surface area contributed by atoms with Crippen molar-refractivity contribution in [2.24, 2.45) is 4.99 Å². The number of nitrogens with zero attached hydrogens (tertiary/aromatic N) is 1. The largest absolute Gasteiger partial charge is 0.437 e. The van der Waals surface area contributed by atoms with Gasteiger partial charge in [-0.05, 0) is 50.5 Å². The van der Waals surface area contributed by atoms with E-state index in [2.05, 4.69) is 82.3 Å². The lowest BCUT2D eigenvalue weighted by Gasteiger charge is -2.12. The quantitative estimate of drug-likeness (QED) is 0.373. The van der Waals surface area contributed by atoms with Gasteiger partial charge in [0.25, 0.3) is 0 Å². The van der Waals surface area contributed by atoms with E-state index in [4.69, 9.17) is 9.41 Å². The third kappa shape index (κ3) is 3.93. The monoisotopic (exact) mass is 379 g/mol. The highest BCUT2D eigenvalue weighted by atomic mass is 16.3. The van der Waals surface area contributed by atoms with Crippen LogP contribution in [0.3, 0.4) is 0 Å². The van der Waals surface area contributed by atoms with E-state index in [0.29, 0.717) is 5.55 Å². The van der Waals surface area contributed by atoms with Gasteiger partial charge in [0, 0.05) is 16.7 Å². The summed E-state index contributed by atoms with van der Waals surface area (Å²) in [5, 5.41) is 0. The molecule has 144 valence electrons. The normalized spacial score (nSPS) is 11.7. The first-order chi connectivity index (χ1) is 14.0. The van der Waals surface area contributed by atoms with Crippen molar-refractivity contribution in [3.63, 3.8) is 0 Å². The molecule has 0 aliphatic rings. The first-order valence-corrected chi connectivity index (χ1v) is 9.91. The smallest absolute Gasteiger partial charge is 0.222 e. The van der Waals surface area contributed by atoms with Gasteiger partial charge >= 0.3 is 0 Å². The number of hydrogen-bond acceptors (Lipinski definition) is 2. The fourth-order valence-electron chi connectivity index (χ4n) is 3.77. The van der Waals surface area contributed by atoms with Gasteiger partial charge in [-0.2, -0.15) is 0 Å². The Kier molecular flexibility index (Phi) is 5.18. The zero-order valence-corrected chi connectivity index (χ0v) is 17.4. The minimum Gasteiger partial charge on any atom is -0.437 e. The fourth-order valence-corrected chi connectivity index (χ4v) is 3.77. The minimum absolute atomic E-state index is 0.651. The average Bonchev–Trinajstić information content (AvgIpc) is 2.72. The van der Waals surface area contributed by atoms with Crippen LogP contribution in [0.2, 0.25) is 0 Å². The van der Waals surface area contributed by atoms with Gasteiger partial charge in [0.1, 0.15) is 5.76 Å². The van der Waals surface area contributed by atoms with E-state index in [-0.39, 0.29) is 0 Å². The molecule has 1 heterocycles. The minimum atomic E-state index is 0.651. The van der Waals surface area contributed by atoms with Crippen LogP contribution in [-0.4, -0.2) is 0 Å². The van der Waals surface area contributed by atoms with Crippen LogP contribution in [0.5, 0.6) is 0 Å². The third-order valence-electron chi connectivity index (χ3n) is 5.11. The molecule has 29 heavy (non-hydrogen) atoms. The lowest BCUT2D eigenvalue weighted by molar-refractivity contribution is 0.507. The van der Waals surface area contributed by atoms with Gasteiger partial charge in [0.05, 0.1) is 5.69 Å². The zero-order valence-electron chi connectivity index (χ0n) is 17.4. The highest BCUT2D eigenvalue weighted by Gasteiger charge is 2.13. The molecule has 0 radical (unpaired) electrons. The SMILES string of the molecule is Cc1cc(C)c(N=c2oc(-c3ccccc3)c(-c3ccccc3)cc2C)c(C)c1. The summed E-state index contributed by atoms with van der Waals surface area (Å²) in [6.07, 6.45) is 0. The first kappa shape index (κ1) is 18.9. The van der Waals surface area contributed by atoms with Crippen LogP contribution >= 0.6 is 0 Å². The highest BCUT2D eigenvalue weighted by Crippen LogP contribution is 2.32. The van der Waals surface area contributed by atoms with E-state index >= 15 is 0 Å². The molecule has 0 aliphatic carbocycles. The molecular formula is C27H25NO. The maximum absolute atomic E-state index is 6.46. The molecular weight excluding hydrogens is 354 g/mol. The molecule has 2 nitrogen and oxygen atoms in total. The second-order valence-corrected chi connectivity index (χ2v) is 7.57. The van der Waals surface area contributed by atoms with Crippen molar-refractivity contribution in [2.75, 3.05) is 0 Å². The molecule has 0 saturated heterocycles. The van der Waals surface area contributed by atoms with Gasteiger partial charge in [-0.15, -0.1) is 0 Å². The lowest BCUT2D eigenvalue weighted by Crippen LogP contribution is -2.08. The Morgan fingerprint density at radius 3 is 1.76 bits per heavy atom. The van der Waals surface area contributed by atoms with E-state index in [9.17, 15) is 0 Å². The Labute approximate surface area is 172 Å². The van der Waals surface area contributed by atoms with Gasteiger partial charge < -0.3 is 4.42 Å². The molecule has 0 fully saturated rings. The van der Waals surface area contributed by atoms with Crippen molar-refractivity contribution in [2.45, 2.75) is 27.7 Å². The van der Waals surface area contributed by atoms with Crippen LogP contribution in [-0.2, 0) is 0 Å². The van der Waals surface area contributed by atoms with Crippen molar-refractivity contribution in [3.05, 3.63) is 107 Å². The molecule has 0 saturated carbocycles. The molecule has 1 aromatic heterocycles. The lowest BCUT2D eigenvalue weighted by atomic mass is 9.99. The second-order valence-electron chi connectivity index (χ2n) is 7.57. The topological polar surface area (TPSA) is 25.5 Å². The van der Waals surface area contributed by atoms with E-state index in [1.807, 2.05) is 24.3 Å². The van der Waals surface area contributed by atoms with Crippen molar-refractivity contribution < 1.29 is 4.42 Å². The molecule has 4 rings (SSSR count). The molecule has 0 aliphatic heterocycles. The van der Waals surface area contributed by atoms with Crippen LogP contribution in [0.15, 0.2) is 88.3 Å². The van der Waals surface area contributed by atoms with E-state index in [1.54, 1.807) is 0 Å². The van der Waals surface area contributed by atoms with E-state index in [1.165, 1.54) is 5.56 Å². The molecule has 0 unspecified atom stereocenters. The maximum atomic E-state index is 6.46. The summed E-state index contributed by atoms with van der Waals surface area (Å²) in [5.41, 5.74) is 9.46. The van der Waals surface area contributed by atoms with E-state index < -0.39 is 0 Å². The Hall–Kier alpha value is -3.39. The molecule has 4 aromatic rings. The van der Waals surface area contributed by atoms with Gasteiger partial charge in [-0.1, -0.05) is 78.4 Å². The predicted molar refractivity (Wildman–Crippen MR) is 120 cm³/mol. The Morgan fingerprint density at radius 2 is 1.17 bits per heavy atom. The van der Waals surface area contributed by atoms with Crippen LogP contribution in [0.4, 0.5) is 5.69 Å². The summed E-state index contributed by atoms with van der Waals surface area (Å²) in [7, 11) is 0. The standard InChI is InChI=1S/C27H25NO/c1-18-15-19(2)25(20(3)16-18)28-27-21(4)17-24(22-11-7-5-8-12-22)26(29-27)23-13-9-6-10-14-23/h5-17H,1-4H3. The predicted octanol–water partition coefficient (Wildman–Crippen LogP) is 7.08. The number of hydrogen-bond donors (Lipinski definition) is 0. The Balaban J connectivity index is 1.99. The molecule has 0 atom stereocenters. The number of aryl methyl sites for hydroxylation is 4. The summed E-state index contributed by atoms with van der Waals surface area (Å²) in [5.74, 6) is 0.837. The fraction of sp³-hybridized carbons (Fsp3) is 0.148. The molecule has 0 N–H and O–H groups in total. The van der Waals surface area contributed by atoms with Gasteiger partial charge in [0.15, 0.2) is 0 Å². The van der Waals surface area contributed by atoms with Crippen LogP contribution in [0, 0.1) is 27.7 Å². The summed E-state index contributed by atoms with van der Waals surface area (Å²) < 4.78 is 6.46. The van der Waals surface area contributed by atoms with Crippen LogP contribution < -0.4 is 5.55 Å². The van der Waals surface area contributed by atoms with Crippen molar-refractivity contribution in [3.8, 4) is 22.5 Å². The van der Waals surface area contributed by atoms with Crippen LogP contribution in [0.1, 0.15) is 22.3 Å². The zero-order chi connectivity index (χ0) is 20.4. The first-order valence-electron chi connectivity index (χ1n) is 9.91. The van der Waals surface area contributed by atoms with Crippen LogP contribution in [0.25, 0.3) is 22.5 Å². The van der Waals surface area contributed by atoms with E-state index in [0.717, 1.165) is 44.8 Å². The van der Waals surface area contributed by atoms with Crippen molar-refractivity contribution >= 4 is 5.69 Å². The summed E-state index contributed by atoms with van der Waals surface area (Å²) in [4.78, 5) is 4.94. The number of rotatable bonds is 3. The number of benzene rings is 3. The molecule has 0 amide bonds. The maximum Gasteiger partial charge on any atom is 0.222 e.